The third-order valence-corrected chi connectivity index (χ3v) is 4.85. The van der Waals surface area contributed by atoms with Crippen LogP contribution in [0.15, 0.2) is 72.9 Å². The Balaban J connectivity index is 1.51. The van der Waals surface area contributed by atoms with E-state index in [0.29, 0.717) is 40.1 Å². The van der Waals surface area contributed by atoms with E-state index in [4.69, 9.17) is 25.8 Å². The van der Waals surface area contributed by atoms with Crippen LogP contribution < -0.4 is 14.2 Å². The maximum absolute atomic E-state index is 10.5. The molecule has 6 nitrogen and oxygen atoms in total. The Hall–Kier alpha value is -3.64. The van der Waals surface area contributed by atoms with E-state index in [1.165, 1.54) is 0 Å². The molecule has 0 aliphatic rings. The summed E-state index contributed by atoms with van der Waals surface area (Å²) >= 11 is 6.15. The van der Waals surface area contributed by atoms with Gasteiger partial charge in [0.25, 0.3) is 0 Å². The molecule has 0 saturated heterocycles. The minimum atomic E-state index is 0.0375. The molecule has 7 heteroatoms. The van der Waals surface area contributed by atoms with Crippen LogP contribution >= 0.6 is 11.6 Å². The lowest BCUT2D eigenvalue weighted by Crippen LogP contribution is -1.96. The van der Waals surface area contributed by atoms with E-state index in [2.05, 4.69) is 10.2 Å². The van der Waals surface area contributed by atoms with Gasteiger partial charge in [-0.1, -0.05) is 29.8 Å². The molecule has 4 aromatic rings. The number of aromatic hydroxyl groups is 1. The van der Waals surface area contributed by atoms with Crippen LogP contribution in [0.2, 0.25) is 5.02 Å². The zero-order valence-electron chi connectivity index (χ0n) is 16.1. The third kappa shape index (κ3) is 4.34. The van der Waals surface area contributed by atoms with Crippen LogP contribution in [0.5, 0.6) is 28.7 Å². The molecule has 152 valence electrons. The smallest absolute Gasteiger partial charge is 0.173 e. The summed E-state index contributed by atoms with van der Waals surface area (Å²) in [6.45, 7) is 0.300. The Morgan fingerprint density at radius 2 is 1.70 bits per heavy atom. The summed E-state index contributed by atoms with van der Waals surface area (Å²) in [7, 11) is 1.61. The first kappa shape index (κ1) is 19.7. The van der Waals surface area contributed by atoms with Crippen LogP contribution in [-0.2, 0) is 6.61 Å². The number of aromatic amines is 1. The Labute approximate surface area is 178 Å². The molecule has 3 aromatic carbocycles. The molecule has 0 bridgehead atoms. The van der Waals surface area contributed by atoms with Crippen molar-refractivity contribution in [2.24, 2.45) is 0 Å². The second-order valence-corrected chi connectivity index (χ2v) is 6.85. The summed E-state index contributed by atoms with van der Waals surface area (Å²) in [5, 5.41) is 18.1. The van der Waals surface area contributed by atoms with Gasteiger partial charge < -0.3 is 19.3 Å². The Kier molecular flexibility index (Phi) is 5.77. The predicted molar refractivity (Wildman–Crippen MR) is 115 cm³/mol. The maximum Gasteiger partial charge on any atom is 0.173 e. The molecule has 0 aliphatic heterocycles. The molecule has 0 spiro atoms. The van der Waals surface area contributed by atoms with Crippen molar-refractivity contribution in [1.82, 2.24) is 10.2 Å². The monoisotopic (exact) mass is 422 g/mol. The van der Waals surface area contributed by atoms with Crippen molar-refractivity contribution in [3.8, 4) is 40.0 Å². The highest BCUT2D eigenvalue weighted by molar-refractivity contribution is 6.31. The minimum Gasteiger partial charge on any atom is -0.507 e. The largest absolute Gasteiger partial charge is 0.507 e. The van der Waals surface area contributed by atoms with Crippen molar-refractivity contribution >= 4 is 11.6 Å². The molecule has 0 amide bonds. The van der Waals surface area contributed by atoms with Crippen LogP contribution in [0.4, 0.5) is 0 Å². The van der Waals surface area contributed by atoms with Crippen molar-refractivity contribution in [1.29, 1.82) is 0 Å². The Bertz CT molecular complexity index is 1140. The first-order valence-electron chi connectivity index (χ1n) is 9.19. The summed E-state index contributed by atoms with van der Waals surface area (Å²) in [6, 6.07) is 19.7. The van der Waals surface area contributed by atoms with E-state index < -0.39 is 0 Å². The number of phenolic OH excluding ortho intramolecular Hbond substituents is 1. The zero-order valence-corrected chi connectivity index (χ0v) is 16.9. The number of benzene rings is 3. The van der Waals surface area contributed by atoms with Gasteiger partial charge in [0.15, 0.2) is 5.75 Å². The van der Waals surface area contributed by atoms with E-state index >= 15 is 0 Å². The molecule has 0 saturated carbocycles. The second-order valence-electron chi connectivity index (χ2n) is 6.45. The lowest BCUT2D eigenvalue weighted by molar-refractivity contribution is 0.304. The number of rotatable bonds is 7. The van der Waals surface area contributed by atoms with E-state index in [1.54, 1.807) is 55.8 Å². The number of ether oxygens (including phenoxy) is 3. The number of nitrogens with one attached hydrogen (secondary N) is 1. The van der Waals surface area contributed by atoms with Crippen LogP contribution in [0, 0.1) is 0 Å². The molecule has 2 N–H and O–H groups in total. The maximum atomic E-state index is 10.5. The number of aromatic nitrogens is 2. The number of H-pyrrole nitrogens is 1. The Morgan fingerprint density at radius 1 is 0.967 bits per heavy atom. The average Bonchev–Trinajstić information content (AvgIpc) is 3.21. The zero-order chi connectivity index (χ0) is 20.9. The molecule has 0 unspecified atom stereocenters. The third-order valence-electron chi connectivity index (χ3n) is 4.48. The standard InChI is InChI=1S/C23H19ClN2O4/c1-28-16-6-8-17(9-7-16)30-22-13-25-26-23(22)19-11-10-18(12-21(19)27)29-14-15-4-2-3-5-20(15)24/h2-13,27H,14H2,1H3,(H,25,26). The summed E-state index contributed by atoms with van der Waals surface area (Å²) < 4.78 is 16.8. The van der Waals surface area contributed by atoms with Gasteiger partial charge in [-0.25, -0.2) is 0 Å². The van der Waals surface area contributed by atoms with Gasteiger partial charge in [0.05, 0.1) is 13.3 Å². The normalized spacial score (nSPS) is 10.6. The molecule has 0 aliphatic carbocycles. The lowest BCUT2D eigenvalue weighted by Gasteiger charge is -2.11. The number of phenols is 1. The Morgan fingerprint density at radius 3 is 2.43 bits per heavy atom. The topological polar surface area (TPSA) is 76.6 Å². The van der Waals surface area contributed by atoms with Crippen LogP contribution in [0.3, 0.4) is 0 Å². The van der Waals surface area contributed by atoms with Gasteiger partial charge in [-0.3, -0.25) is 5.10 Å². The van der Waals surface area contributed by atoms with E-state index in [1.807, 2.05) is 24.3 Å². The van der Waals surface area contributed by atoms with Crippen molar-refractivity contribution < 1.29 is 19.3 Å². The van der Waals surface area contributed by atoms with Gasteiger partial charge in [-0.2, -0.15) is 5.10 Å². The summed E-state index contributed by atoms with van der Waals surface area (Å²) in [4.78, 5) is 0. The van der Waals surface area contributed by atoms with Crippen LogP contribution in [0.1, 0.15) is 5.56 Å². The summed E-state index contributed by atoms with van der Waals surface area (Å²) in [5.74, 6) is 2.40. The molecular formula is C23H19ClN2O4. The molecule has 0 fully saturated rings. The SMILES string of the molecule is COc1ccc(Oc2cn[nH]c2-c2ccc(OCc3ccccc3Cl)cc2O)cc1. The molecular weight excluding hydrogens is 404 g/mol. The number of methoxy groups -OCH3 is 1. The first-order chi connectivity index (χ1) is 14.6. The fourth-order valence-corrected chi connectivity index (χ4v) is 3.10. The van der Waals surface area contributed by atoms with Gasteiger partial charge in [-0.05, 0) is 42.5 Å². The van der Waals surface area contributed by atoms with Crippen molar-refractivity contribution in [3.63, 3.8) is 0 Å². The highest BCUT2D eigenvalue weighted by atomic mass is 35.5. The van der Waals surface area contributed by atoms with Gasteiger partial charge >= 0.3 is 0 Å². The highest BCUT2D eigenvalue weighted by Gasteiger charge is 2.15. The van der Waals surface area contributed by atoms with Crippen molar-refractivity contribution in [2.75, 3.05) is 7.11 Å². The van der Waals surface area contributed by atoms with Gasteiger partial charge in [0, 0.05) is 22.2 Å². The first-order valence-corrected chi connectivity index (χ1v) is 9.56. The highest BCUT2D eigenvalue weighted by Crippen LogP contribution is 2.38. The van der Waals surface area contributed by atoms with E-state index in [-0.39, 0.29) is 5.75 Å². The summed E-state index contributed by atoms with van der Waals surface area (Å²) in [5.41, 5.74) is 1.97. The quantitative estimate of drug-likeness (QED) is 0.392. The van der Waals surface area contributed by atoms with Crippen molar-refractivity contribution in [3.05, 3.63) is 83.5 Å². The lowest BCUT2D eigenvalue weighted by atomic mass is 10.1. The van der Waals surface area contributed by atoms with Crippen molar-refractivity contribution in [2.45, 2.75) is 6.61 Å². The van der Waals surface area contributed by atoms with Gasteiger partial charge in [-0.15, -0.1) is 0 Å². The molecule has 1 aromatic heterocycles. The van der Waals surface area contributed by atoms with Crippen LogP contribution in [0.25, 0.3) is 11.3 Å². The molecule has 30 heavy (non-hydrogen) atoms. The number of hydrogen-bond donors (Lipinski definition) is 2. The molecule has 4 rings (SSSR count). The van der Waals surface area contributed by atoms with Gasteiger partial charge in [0.1, 0.15) is 35.3 Å². The number of halogens is 1. The minimum absolute atomic E-state index is 0.0375. The number of hydrogen-bond acceptors (Lipinski definition) is 5. The fraction of sp³-hybridized carbons (Fsp3) is 0.0870. The predicted octanol–water partition coefficient (Wildman–Crippen LogP) is 5.82. The molecule has 1 heterocycles. The van der Waals surface area contributed by atoms with Gasteiger partial charge in [0.2, 0.25) is 0 Å². The number of nitrogens with zero attached hydrogens (tertiary/aromatic N) is 1. The van der Waals surface area contributed by atoms with E-state index in [0.717, 1.165) is 11.3 Å². The fourth-order valence-electron chi connectivity index (χ4n) is 2.91. The average molecular weight is 423 g/mol. The molecule has 0 atom stereocenters. The second kappa shape index (κ2) is 8.80. The van der Waals surface area contributed by atoms with Crippen LogP contribution in [-0.4, -0.2) is 22.4 Å². The molecule has 0 radical (unpaired) electrons. The summed E-state index contributed by atoms with van der Waals surface area (Å²) in [6.07, 6.45) is 1.56. The van der Waals surface area contributed by atoms with E-state index in [9.17, 15) is 5.11 Å².